The maximum atomic E-state index is 10.3. The predicted octanol–water partition coefficient (Wildman–Crippen LogP) is 8.33. The van der Waals surface area contributed by atoms with E-state index in [-0.39, 0.29) is 6.10 Å². The van der Waals surface area contributed by atoms with E-state index in [9.17, 15) is 5.26 Å². The highest BCUT2D eigenvalue weighted by molar-refractivity contribution is 5.95. The standard InChI is InChI=1S/C33H35N3O2/c1-22(2)23-6-10-25(11-7-23)35-26-12-8-24(9-13-26)33-31(21-34)30-15-14-29(38-28-16-18-37-19-17-28)20-32(30)36(33)27-4-3-5-27/h6-15,20,22,27-28,35H,3-5,16-19H2,1-2H3. The van der Waals surface area contributed by atoms with Crippen LogP contribution in [-0.2, 0) is 4.74 Å². The molecule has 1 N–H and O–H groups in total. The lowest BCUT2D eigenvalue weighted by Gasteiger charge is -2.30. The summed E-state index contributed by atoms with van der Waals surface area (Å²) in [6.07, 6.45) is 5.52. The van der Waals surface area contributed by atoms with E-state index in [1.807, 2.05) is 6.07 Å². The molecule has 4 aromatic rings. The molecule has 0 atom stereocenters. The van der Waals surface area contributed by atoms with Crippen molar-refractivity contribution in [2.24, 2.45) is 0 Å². The number of aromatic nitrogens is 1. The third-order valence-electron chi connectivity index (χ3n) is 8.02. The highest BCUT2D eigenvalue weighted by Crippen LogP contribution is 2.43. The minimum atomic E-state index is 0.185. The molecule has 2 aliphatic rings. The number of fused-ring (bicyclic) bond motifs is 1. The molecule has 5 heteroatoms. The highest BCUT2D eigenvalue weighted by atomic mass is 16.5. The maximum absolute atomic E-state index is 10.3. The molecule has 0 unspecified atom stereocenters. The van der Waals surface area contributed by atoms with Crippen LogP contribution >= 0.6 is 0 Å². The Bertz CT molecular complexity index is 1450. The Balaban J connectivity index is 1.34. The SMILES string of the molecule is CC(C)c1ccc(Nc2ccc(-c3c(C#N)c4ccc(OC5CCOCC5)cc4n3C3CCC3)cc2)cc1. The van der Waals surface area contributed by atoms with Crippen LogP contribution in [-0.4, -0.2) is 23.9 Å². The first-order valence-corrected chi connectivity index (χ1v) is 13.9. The summed E-state index contributed by atoms with van der Waals surface area (Å²) in [5.41, 5.74) is 7.36. The van der Waals surface area contributed by atoms with E-state index in [0.29, 0.717) is 12.0 Å². The Morgan fingerprint density at radius 2 is 1.61 bits per heavy atom. The van der Waals surface area contributed by atoms with E-state index in [4.69, 9.17) is 9.47 Å². The second-order valence-electron chi connectivity index (χ2n) is 10.9. The smallest absolute Gasteiger partial charge is 0.121 e. The highest BCUT2D eigenvalue weighted by Gasteiger charge is 2.28. The number of hydrogen-bond acceptors (Lipinski definition) is 4. The maximum Gasteiger partial charge on any atom is 0.121 e. The minimum absolute atomic E-state index is 0.185. The molecule has 0 spiro atoms. The fourth-order valence-corrected chi connectivity index (χ4v) is 5.60. The normalized spacial score (nSPS) is 16.4. The van der Waals surface area contributed by atoms with Gasteiger partial charge >= 0.3 is 0 Å². The summed E-state index contributed by atoms with van der Waals surface area (Å²) in [6, 6.07) is 26.3. The lowest BCUT2D eigenvalue weighted by molar-refractivity contribution is 0.0256. The summed E-state index contributed by atoms with van der Waals surface area (Å²) in [7, 11) is 0. The van der Waals surface area contributed by atoms with Crippen molar-refractivity contribution in [1.29, 1.82) is 5.26 Å². The molecule has 1 aliphatic carbocycles. The molecular formula is C33H35N3O2. The summed E-state index contributed by atoms with van der Waals surface area (Å²) in [5, 5.41) is 14.8. The van der Waals surface area contributed by atoms with E-state index in [0.717, 1.165) is 83.7 Å². The van der Waals surface area contributed by atoms with Gasteiger partial charge in [-0.1, -0.05) is 38.1 Å². The van der Waals surface area contributed by atoms with E-state index >= 15 is 0 Å². The quantitative estimate of drug-likeness (QED) is 0.274. The van der Waals surface area contributed by atoms with Crippen molar-refractivity contribution in [3.05, 3.63) is 77.9 Å². The van der Waals surface area contributed by atoms with Gasteiger partial charge in [0.05, 0.1) is 30.0 Å². The molecule has 1 saturated heterocycles. The summed E-state index contributed by atoms with van der Waals surface area (Å²) in [5.74, 6) is 1.39. The van der Waals surface area contributed by atoms with E-state index in [1.54, 1.807) is 0 Å². The van der Waals surface area contributed by atoms with Crippen LogP contribution in [0.5, 0.6) is 5.75 Å². The molecule has 3 aromatic carbocycles. The Morgan fingerprint density at radius 3 is 2.21 bits per heavy atom. The van der Waals surface area contributed by atoms with Gasteiger partial charge in [-0.25, -0.2) is 0 Å². The molecule has 1 saturated carbocycles. The molecule has 2 fully saturated rings. The average Bonchev–Trinajstić information content (AvgIpc) is 3.22. The van der Waals surface area contributed by atoms with E-state index in [2.05, 4.69) is 90.5 Å². The Labute approximate surface area is 225 Å². The van der Waals surface area contributed by atoms with Gasteiger partial charge in [0.25, 0.3) is 0 Å². The number of benzene rings is 3. The molecule has 194 valence electrons. The third kappa shape index (κ3) is 4.77. The van der Waals surface area contributed by atoms with Crippen LogP contribution in [0, 0.1) is 11.3 Å². The van der Waals surface area contributed by atoms with Crippen LogP contribution in [0.3, 0.4) is 0 Å². The molecule has 0 bridgehead atoms. The van der Waals surface area contributed by atoms with Crippen LogP contribution in [0.1, 0.15) is 69.0 Å². The van der Waals surface area contributed by atoms with Gasteiger partial charge in [0, 0.05) is 41.7 Å². The van der Waals surface area contributed by atoms with Crippen molar-refractivity contribution in [2.75, 3.05) is 18.5 Å². The molecule has 38 heavy (non-hydrogen) atoms. The first-order chi connectivity index (χ1) is 18.6. The first-order valence-electron chi connectivity index (χ1n) is 13.9. The zero-order chi connectivity index (χ0) is 26.1. The first kappa shape index (κ1) is 24.6. The monoisotopic (exact) mass is 505 g/mol. The number of anilines is 2. The molecule has 5 nitrogen and oxygen atoms in total. The number of hydrogen-bond donors (Lipinski definition) is 1. The van der Waals surface area contributed by atoms with Crippen molar-refractivity contribution in [3.63, 3.8) is 0 Å². The van der Waals surface area contributed by atoms with Gasteiger partial charge in [0.2, 0.25) is 0 Å². The van der Waals surface area contributed by atoms with Gasteiger partial charge < -0.3 is 19.4 Å². The van der Waals surface area contributed by atoms with Crippen molar-refractivity contribution in [3.8, 4) is 23.1 Å². The van der Waals surface area contributed by atoms with Crippen LogP contribution in [0.4, 0.5) is 11.4 Å². The molecule has 2 heterocycles. The fraction of sp³-hybridized carbons (Fsp3) is 0.364. The molecule has 6 rings (SSSR count). The summed E-state index contributed by atoms with van der Waals surface area (Å²) in [6.45, 7) is 5.92. The number of ether oxygens (including phenoxy) is 2. The van der Waals surface area contributed by atoms with E-state index < -0.39 is 0 Å². The van der Waals surface area contributed by atoms with Gasteiger partial charge in [-0.15, -0.1) is 0 Å². The second kappa shape index (κ2) is 10.6. The number of nitrogens with one attached hydrogen (secondary N) is 1. The number of rotatable bonds is 7. The lowest BCUT2D eigenvalue weighted by atomic mass is 9.92. The van der Waals surface area contributed by atoms with Gasteiger partial charge in [-0.2, -0.15) is 5.26 Å². The van der Waals surface area contributed by atoms with Gasteiger partial charge in [0.15, 0.2) is 0 Å². The molecule has 1 aliphatic heterocycles. The largest absolute Gasteiger partial charge is 0.490 e. The summed E-state index contributed by atoms with van der Waals surface area (Å²) in [4.78, 5) is 0. The Kier molecular flexibility index (Phi) is 6.82. The summed E-state index contributed by atoms with van der Waals surface area (Å²) >= 11 is 0. The zero-order valence-corrected chi connectivity index (χ0v) is 22.2. The van der Waals surface area contributed by atoms with Crippen LogP contribution in [0.25, 0.3) is 22.2 Å². The van der Waals surface area contributed by atoms with Gasteiger partial charge in [-0.3, -0.25) is 0 Å². The Morgan fingerprint density at radius 1 is 0.921 bits per heavy atom. The van der Waals surface area contributed by atoms with Crippen molar-refractivity contribution in [1.82, 2.24) is 4.57 Å². The van der Waals surface area contributed by atoms with Crippen molar-refractivity contribution in [2.45, 2.75) is 64.0 Å². The average molecular weight is 506 g/mol. The van der Waals surface area contributed by atoms with Gasteiger partial charge in [0.1, 0.15) is 17.9 Å². The second-order valence-corrected chi connectivity index (χ2v) is 10.9. The number of nitriles is 1. The van der Waals surface area contributed by atoms with Crippen molar-refractivity contribution < 1.29 is 9.47 Å². The summed E-state index contributed by atoms with van der Waals surface area (Å²) < 4.78 is 14.2. The van der Waals surface area contributed by atoms with Crippen molar-refractivity contribution >= 4 is 22.3 Å². The Hall–Kier alpha value is -3.75. The molecule has 0 amide bonds. The number of nitrogens with zero attached hydrogens (tertiary/aromatic N) is 2. The zero-order valence-electron chi connectivity index (χ0n) is 22.2. The van der Waals surface area contributed by atoms with Crippen LogP contribution in [0.15, 0.2) is 66.7 Å². The van der Waals surface area contributed by atoms with Gasteiger partial charge in [-0.05, 0) is 72.7 Å². The minimum Gasteiger partial charge on any atom is -0.490 e. The lowest BCUT2D eigenvalue weighted by Crippen LogP contribution is -2.25. The fourth-order valence-electron chi connectivity index (χ4n) is 5.60. The molecule has 1 aromatic heterocycles. The van der Waals surface area contributed by atoms with E-state index in [1.165, 1.54) is 12.0 Å². The predicted molar refractivity (Wildman–Crippen MR) is 153 cm³/mol. The van der Waals surface area contributed by atoms with Crippen LogP contribution < -0.4 is 10.1 Å². The molecular weight excluding hydrogens is 470 g/mol. The topological polar surface area (TPSA) is 59.2 Å². The third-order valence-corrected chi connectivity index (χ3v) is 8.02. The van der Waals surface area contributed by atoms with Crippen LogP contribution in [0.2, 0.25) is 0 Å². The molecule has 0 radical (unpaired) electrons.